The summed E-state index contributed by atoms with van der Waals surface area (Å²) in [5, 5.41) is 23.2. The number of hydrogen-bond acceptors (Lipinski definition) is 10. The second-order valence-corrected chi connectivity index (χ2v) is 11.8. The van der Waals surface area contributed by atoms with Gasteiger partial charge in [-0.2, -0.15) is 0 Å². The SMILES string of the molecule is CCOC(=O)C1=C(C)n2c(s/c(=C\c3cc(Cl)cc(Cl)c3O)c2=O)=N[C@H]1c1cc(OCC)c(OCc2ccccc2)cc1[N+](=O)[O-]. The number of fused-ring (bicyclic) bond motifs is 1. The number of rotatable bonds is 10. The van der Waals surface area contributed by atoms with Crippen molar-refractivity contribution in [3.05, 3.63) is 117 Å². The van der Waals surface area contributed by atoms with Gasteiger partial charge in [-0.15, -0.1) is 0 Å². The van der Waals surface area contributed by atoms with E-state index in [2.05, 4.69) is 4.99 Å². The monoisotopic (exact) mass is 683 g/mol. The van der Waals surface area contributed by atoms with Gasteiger partial charge in [-0.1, -0.05) is 64.9 Å². The van der Waals surface area contributed by atoms with Crippen LogP contribution in [0.2, 0.25) is 10.0 Å². The van der Waals surface area contributed by atoms with Gasteiger partial charge in [0.05, 0.1) is 44.9 Å². The highest BCUT2D eigenvalue weighted by Crippen LogP contribution is 2.43. The number of esters is 1. The molecule has 0 radical (unpaired) electrons. The molecule has 238 valence electrons. The van der Waals surface area contributed by atoms with E-state index >= 15 is 0 Å². The molecule has 2 heterocycles. The van der Waals surface area contributed by atoms with E-state index in [0.717, 1.165) is 16.9 Å². The van der Waals surface area contributed by atoms with Crippen molar-refractivity contribution >= 4 is 58.0 Å². The van der Waals surface area contributed by atoms with Crippen LogP contribution in [0, 0.1) is 10.1 Å². The number of phenolic OH excluding ortho intramolecular Hbond substituents is 1. The number of carbonyl (C=O) groups is 1. The number of benzene rings is 3. The van der Waals surface area contributed by atoms with E-state index < -0.39 is 22.5 Å². The summed E-state index contributed by atoms with van der Waals surface area (Å²) in [6.07, 6.45) is 1.40. The van der Waals surface area contributed by atoms with E-state index in [1.54, 1.807) is 13.8 Å². The Bertz CT molecular complexity index is 2060. The molecule has 4 aromatic rings. The molecule has 0 aliphatic carbocycles. The van der Waals surface area contributed by atoms with E-state index in [1.165, 1.54) is 41.8 Å². The molecule has 0 bridgehead atoms. The maximum absolute atomic E-state index is 13.6. The minimum Gasteiger partial charge on any atom is -0.506 e. The van der Waals surface area contributed by atoms with E-state index in [4.69, 9.17) is 37.4 Å². The Kier molecular flexibility index (Phi) is 9.80. The van der Waals surface area contributed by atoms with Gasteiger partial charge in [0.2, 0.25) is 0 Å². The molecule has 5 rings (SSSR count). The Labute approximate surface area is 276 Å². The normalized spacial score (nSPS) is 14.5. The van der Waals surface area contributed by atoms with Gasteiger partial charge >= 0.3 is 5.97 Å². The molecule has 0 saturated carbocycles. The molecular weight excluding hydrogens is 657 g/mol. The summed E-state index contributed by atoms with van der Waals surface area (Å²) in [4.78, 5) is 43.8. The zero-order chi connectivity index (χ0) is 33.1. The Balaban J connectivity index is 1.72. The molecule has 0 spiro atoms. The number of aromatic hydroxyl groups is 1. The summed E-state index contributed by atoms with van der Waals surface area (Å²) in [5.74, 6) is -0.712. The topological polar surface area (TPSA) is 142 Å². The van der Waals surface area contributed by atoms with Crippen molar-refractivity contribution in [1.29, 1.82) is 0 Å². The number of hydrogen-bond donors (Lipinski definition) is 1. The van der Waals surface area contributed by atoms with Crippen LogP contribution in [0.4, 0.5) is 5.69 Å². The van der Waals surface area contributed by atoms with Crippen molar-refractivity contribution in [1.82, 2.24) is 4.57 Å². The minimum absolute atomic E-state index is 0.000737. The number of halogens is 2. The van der Waals surface area contributed by atoms with Gasteiger partial charge in [0.15, 0.2) is 16.3 Å². The van der Waals surface area contributed by atoms with Crippen molar-refractivity contribution in [2.24, 2.45) is 4.99 Å². The van der Waals surface area contributed by atoms with Gasteiger partial charge in [-0.05, 0) is 50.6 Å². The maximum atomic E-state index is 13.6. The van der Waals surface area contributed by atoms with Crippen molar-refractivity contribution in [3.63, 3.8) is 0 Å². The van der Waals surface area contributed by atoms with Crippen LogP contribution in [0.5, 0.6) is 17.2 Å². The summed E-state index contributed by atoms with van der Waals surface area (Å²) >= 11 is 13.1. The Morgan fingerprint density at radius 3 is 2.50 bits per heavy atom. The Morgan fingerprint density at radius 1 is 1.11 bits per heavy atom. The first-order valence-corrected chi connectivity index (χ1v) is 15.6. The van der Waals surface area contributed by atoms with Gasteiger partial charge in [0.25, 0.3) is 11.2 Å². The van der Waals surface area contributed by atoms with E-state index in [9.17, 15) is 24.8 Å². The van der Waals surface area contributed by atoms with E-state index in [-0.39, 0.29) is 84.5 Å². The lowest BCUT2D eigenvalue weighted by Gasteiger charge is -2.23. The molecule has 1 aliphatic heterocycles. The van der Waals surface area contributed by atoms with Gasteiger partial charge in [0, 0.05) is 16.3 Å². The smallest absolute Gasteiger partial charge is 0.338 e. The molecule has 11 nitrogen and oxygen atoms in total. The summed E-state index contributed by atoms with van der Waals surface area (Å²) < 4.78 is 18.5. The molecular formula is C32H27Cl2N3O8S. The molecule has 46 heavy (non-hydrogen) atoms. The molecule has 1 atom stereocenters. The van der Waals surface area contributed by atoms with Gasteiger partial charge < -0.3 is 19.3 Å². The van der Waals surface area contributed by atoms with Gasteiger partial charge in [-0.3, -0.25) is 19.5 Å². The highest BCUT2D eigenvalue weighted by Gasteiger charge is 2.36. The lowest BCUT2D eigenvalue weighted by molar-refractivity contribution is -0.385. The number of nitrogens with zero attached hydrogens (tertiary/aromatic N) is 3. The fourth-order valence-electron chi connectivity index (χ4n) is 4.94. The lowest BCUT2D eigenvalue weighted by atomic mass is 9.94. The molecule has 1 aromatic heterocycles. The molecule has 0 unspecified atom stereocenters. The number of nitro benzene ring substituents is 1. The summed E-state index contributed by atoms with van der Waals surface area (Å²) in [7, 11) is 0. The fourth-order valence-corrected chi connectivity index (χ4v) is 6.48. The molecule has 0 amide bonds. The van der Waals surface area contributed by atoms with Crippen LogP contribution in [0.25, 0.3) is 11.8 Å². The van der Waals surface area contributed by atoms with Gasteiger partial charge in [0.1, 0.15) is 18.4 Å². The van der Waals surface area contributed by atoms with Crippen molar-refractivity contribution in [2.75, 3.05) is 13.2 Å². The maximum Gasteiger partial charge on any atom is 0.338 e. The predicted molar refractivity (Wildman–Crippen MR) is 174 cm³/mol. The third-order valence-corrected chi connectivity index (χ3v) is 8.49. The summed E-state index contributed by atoms with van der Waals surface area (Å²) in [6.45, 7) is 5.29. The molecule has 0 fully saturated rings. The summed E-state index contributed by atoms with van der Waals surface area (Å²) in [5.41, 5.74) is 0.301. The minimum atomic E-state index is -1.23. The number of carbonyl (C=O) groups excluding carboxylic acids is 1. The number of allylic oxidation sites excluding steroid dienone is 1. The second-order valence-electron chi connectivity index (χ2n) is 9.93. The molecule has 1 aliphatic rings. The number of aromatic nitrogens is 1. The van der Waals surface area contributed by atoms with Crippen LogP contribution in [-0.2, 0) is 16.1 Å². The predicted octanol–water partition coefficient (Wildman–Crippen LogP) is 5.81. The molecule has 3 aromatic carbocycles. The average molecular weight is 685 g/mol. The number of ether oxygens (including phenoxy) is 3. The first kappa shape index (κ1) is 32.7. The van der Waals surface area contributed by atoms with Crippen LogP contribution in [0.3, 0.4) is 0 Å². The molecule has 1 N–H and O–H groups in total. The standard InChI is InChI=1S/C32H27Cl2N3O8S/c1-4-43-24-14-21(23(37(41)42)15-25(24)45-16-18-9-7-6-8-10-18)28-27(31(40)44-5-2)17(3)36-30(39)26(46-32(36)35-28)12-19-11-20(33)13-22(34)29(19)38/h6-15,28,38H,4-5,16H2,1-3H3/b26-12-/t28-/m0/s1. The van der Waals surface area contributed by atoms with Crippen LogP contribution < -0.4 is 24.4 Å². The van der Waals surface area contributed by atoms with Gasteiger partial charge in [-0.25, -0.2) is 9.79 Å². The number of phenols is 1. The van der Waals surface area contributed by atoms with Crippen molar-refractivity contribution in [3.8, 4) is 17.2 Å². The molecule has 14 heteroatoms. The summed E-state index contributed by atoms with van der Waals surface area (Å²) in [6, 6.07) is 13.5. The zero-order valence-corrected chi connectivity index (χ0v) is 27.1. The Hall–Kier alpha value is -4.65. The number of nitro groups is 1. The highest BCUT2D eigenvalue weighted by molar-refractivity contribution is 7.07. The van der Waals surface area contributed by atoms with E-state index in [0.29, 0.717) is 0 Å². The third kappa shape index (κ3) is 6.50. The Morgan fingerprint density at radius 2 is 1.83 bits per heavy atom. The van der Waals surface area contributed by atoms with Crippen LogP contribution in [0.15, 0.2) is 70.0 Å². The fraction of sp³-hybridized carbons (Fsp3) is 0.219. The van der Waals surface area contributed by atoms with Crippen LogP contribution in [0.1, 0.15) is 43.5 Å². The van der Waals surface area contributed by atoms with Crippen molar-refractivity contribution in [2.45, 2.75) is 33.4 Å². The number of thiazole rings is 1. The quantitative estimate of drug-likeness (QED) is 0.125. The van der Waals surface area contributed by atoms with Crippen LogP contribution >= 0.6 is 34.5 Å². The first-order chi connectivity index (χ1) is 22.0. The average Bonchev–Trinajstić information content (AvgIpc) is 3.33. The largest absolute Gasteiger partial charge is 0.506 e. The molecule has 0 saturated heterocycles. The van der Waals surface area contributed by atoms with Crippen molar-refractivity contribution < 1.29 is 29.0 Å². The van der Waals surface area contributed by atoms with Crippen LogP contribution in [-0.4, -0.2) is 33.8 Å². The first-order valence-electron chi connectivity index (χ1n) is 14.0. The lowest BCUT2D eigenvalue weighted by Crippen LogP contribution is -2.35. The third-order valence-electron chi connectivity index (χ3n) is 7.01. The van der Waals surface area contributed by atoms with E-state index in [1.807, 2.05) is 30.3 Å². The second kappa shape index (κ2) is 13.8. The zero-order valence-electron chi connectivity index (χ0n) is 24.8. The highest BCUT2D eigenvalue weighted by atomic mass is 35.5.